The smallest absolute Gasteiger partial charge is 0.298 e. The highest BCUT2D eigenvalue weighted by Gasteiger charge is 2.22. The van der Waals surface area contributed by atoms with Gasteiger partial charge in [-0.15, -0.1) is 0 Å². The number of hydrogen-bond donors (Lipinski definition) is 1. The van der Waals surface area contributed by atoms with Gasteiger partial charge in [-0.1, -0.05) is 5.92 Å². The number of piperidine rings is 1. The summed E-state index contributed by atoms with van der Waals surface area (Å²) in [6, 6.07) is 0.384. The Morgan fingerprint density at radius 2 is 2.14 bits per heavy atom. The third-order valence-electron chi connectivity index (χ3n) is 2.58. The maximum atomic E-state index is 11.6. The van der Waals surface area contributed by atoms with Gasteiger partial charge in [-0.05, 0) is 45.7 Å². The minimum atomic E-state index is -0.0260. The zero-order valence-electron chi connectivity index (χ0n) is 8.97. The molecule has 1 saturated heterocycles. The van der Waals surface area contributed by atoms with Crippen LogP contribution in [0.1, 0.15) is 26.7 Å². The predicted octanol–water partition coefficient (Wildman–Crippen LogP) is 0.610. The first-order chi connectivity index (χ1) is 6.79. The van der Waals surface area contributed by atoms with E-state index in [0.717, 1.165) is 32.5 Å². The van der Waals surface area contributed by atoms with Crippen LogP contribution in [0.15, 0.2) is 0 Å². The summed E-state index contributed by atoms with van der Waals surface area (Å²) in [6.45, 7) is 6.49. The lowest BCUT2D eigenvalue weighted by molar-refractivity contribution is -0.127. The van der Waals surface area contributed by atoms with Gasteiger partial charge in [0.05, 0.1) is 0 Å². The molecule has 0 saturated carbocycles. The van der Waals surface area contributed by atoms with Gasteiger partial charge in [0.15, 0.2) is 0 Å². The molecule has 78 valence electrons. The van der Waals surface area contributed by atoms with Crippen LogP contribution in [0.4, 0.5) is 0 Å². The van der Waals surface area contributed by atoms with Gasteiger partial charge in [-0.3, -0.25) is 4.79 Å². The van der Waals surface area contributed by atoms with Crippen molar-refractivity contribution in [2.45, 2.75) is 32.7 Å². The average Bonchev–Trinajstić information content (AvgIpc) is 2.21. The van der Waals surface area contributed by atoms with E-state index in [9.17, 15) is 4.79 Å². The summed E-state index contributed by atoms with van der Waals surface area (Å²) in [4.78, 5) is 13.5. The van der Waals surface area contributed by atoms with E-state index in [1.807, 2.05) is 11.8 Å². The fraction of sp³-hybridized carbons (Fsp3) is 0.727. The molecule has 1 amide bonds. The molecule has 0 atom stereocenters. The van der Waals surface area contributed by atoms with Gasteiger partial charge in [0.25, 0.3) is 5.91 Å². The van der Waals surface area contributed by atoms with Gasteiger partial charge < -0.3 is 10.2 Å². The van der Waals surface area contributed by atoms with Crippen LogP contribution in [0, 0.1) is 11.8 Å². The normalized spacial score (nSPS) is 17.0. The van der Waals surface area contributed by atoms with E-state index in [4.69, 9.17) is 0 Å². The molecule has 0 aliphatic carbocycles. The van der Waals surface area contributed by atoms with Crippen molar-refractivity contribution in [3.8, 4) is 11.8 Å². The Balaban J connectivity index is 2.58. The molecule has 3 nitrogen and oxygen atoms in total. The third kappa shape index (κ3) is 2.74. The number of carbonyl (C=O) groups is 1. The molecule has 14 heavy (non-hydrogen) atoms. The van der Waals surface area contributed by atoms with Crippen molar-refractivity contribution >= 4 is 5.91 Å². The summed E-state index contributed by atoms with van der Waals surface area (Å²) >= 11 is 0. The Bertz CT molecular complexity index is 246. The van der Waals surface area contributed by atoms with Crippen molar-refractivity contribution in [1.29, 1.82) is 0 Å². The molecule has 1 fully saturated rings. The van der Waals surface area contributed by atoms with Crippen LogP contribution in [0.5, 0.6) is 0 Å². The minimum Gasteiger partial charge on any atom is -0.329 e. The first kappa shape index (κ1) is 11.1. The van der Waals surface area contributed by atoms with Gasteiger partial charge in [0.1, 0.15) is 0 Å². The van der Waals surface area contributed by atoms with Crippen LogP contribution >= 0.6 is 0 Å². The average molecular weight is 194 g/mol. The zero-order chi connectivity index (χ0) is 10.4. The monoisotopic (exact) mass is 194 g/mol. The molecule has 0 aromatic heterocycles. The van der Waals surface area contributed by atoms with Gasteiger partial charge in [-0.25, -0.2) is 0 Å². The van der Waals surface area contributed by atoms with Crippen LogP contribution in [-0.4, -0.2) is 36.5 Å². The Labute approximate surface area is 85.9 Å². The van der Waals surface area contributed by atoms with Crippen molar-refractivity contribution in [1.82, 2.24) is 10.2 Å². The third-order valence-corrected chi connectivity index (χ3v) is 2.58. The van der Waals surface area contributed by atoms with E-state index >= 15 is 0 Å². The van der Waals surface area contributed by atoms with E-state index < -0.39 is 0 Å². The predicted molar refractivity (Wildman–Crippen MR) is 56.7 cm³/mol. The molecule has 1 rings (SSSR count). The standard InChI is InChI=1S/C11H18N2O/c1-3-5-11(14)13(4-2)10-6-8-12-9-7-10/h10,12H,4,6-9H2,1-2H3. The Morgan fingerprint density at radius 3 is 2.64 bits per heavy atom. The van der Waals surface area contributed by atoms with E-state index in [2.05, 4.69) is 17.2 Å². The molecule has 1 aliphatic heterocycles. The number of nitrogens with zero attached hydrogens (tertiary/aromatic N) is 1. The number of hydrogen-bond acceptors (Lipinski definition) is 2. The molecule has 1 N–H and O–H groups in total. The largest absolute Gasteiger partial charge is 0.329 e. The maximum Gasteiger partial charge on any atom is 0.298 e. The molecule has 0 aromatic carbocycles. The topological polar surface area (TPSA) is 32.3 Å². The van der Waals surface area contributed by atoms with E-state index in [1.54, 1.807) is 6.92 Å². The van der Waals surface area contributed by atoms with E-state index in [0.29, 0.717) is 6.04 Å². The summed E-state index contributed by atoms with van der Waals surface area (Å²) in [5.74, 6) is 5.25. The first-order valence-electron chi connectivity index (χ1n) is 5.23. The molecular weight excluding hydrogens is 176 g/mol. The SMILES string of the molecule is CC#CC(=O)N(CC)C1CCNCC1. The fourth-order valence-electron chi connectivity index (χ4n) is 1.86. The number of amides is 1. The lowest BCUT2D eigenvalue weighted by atomic mass is 10.0. The second kappa shape index (κ2) is 5.66. The molecule has 0 unspecified atom stereocenters. The zero-order valence-corrected chi connectivity index (χ0v) is 8.97. The Morgan fingerprint density at radius 1 is 1.50 bits per heavy atom. The molecule has 3 heteroatoms. The van der Waals surface area contributed by atoms with Gasteiger partial charge >= 0.3 is 0 Å². The molecule has 0 radical (unpaired) electrons. The molecule has 1 aliphatic rings. The molecular formula is C11H18N2O. The minimum absolute atomic E-state index is 0.0260. The van der Waals surface area contributed by atoms with Crippen molar-refractivity contribution in [2.75, 3.05) is 19.6 Å². The van der Waals surface area contributed by atoms with Gasteiger partial charge in [-0.2, -0.15) is 0 Å². The second-order valence-electron chi connectivity index (χ2n) is 3.45. The number of carbonyl (C=O) groups excluding carboxylic acids is 1. The molecule has 1 heterocycles. The fourth-order valence-corrected chi connectivity index (χ4v) is 1.86. The lowest BCUT2D eigenvalue weighted by Gasteiger charge is -2.32. The number of nitrogens with one attached hydrogen (secondary N) is 1. The molecule has 0 bridgehead atoms. The maximum absolute atomic E-state index is 11.6. The van der Waals surface area contributed by atoms with Crippen LogP contribution in [0.25, 0.3) is 0 Å². The summed E-state index contributed by atoms with van der Waals surface area (Å²) < 4.78 is 0. The van der Waals surface area contributed by atoms with Crippen molar-refractivity contribution in [3.63, 3.8) is 0 Å². The van der Waals surface area contributed by atoms with Gasteiger partial charge in [0, 0.05) is 12.6 Å². The quantitative estimate of drug-likeness (QED) is 0.653. The first-order valence-corrected chi connectivity index (χ1v) is 5.23. The molecule has 0 spiro atoms. The summed E-state index contributed by atoms with van der Waals surface area (Å²) in [7, 11) is 0. The van der Waals surface area contributed by atoms with Crippen molar-refractivity contribution < 1.29 is 4.79 Å². The van der Waals surface area contributed by atoms with Crippen LogP contribution in [-0.2, 0) is 4.79 Å². The number of rotatable bonds is 2. The Kier molecular flexibility index (Phi) is 4.48. The molecule has 0 aromatic rings. The summed E-state index contributed by atoms with van der Waals surface area (Å²) in [5.41, 5.74) is 0. The van der Waals surface area contributed by atoms with Crippen molar-refractivity contribution in [2.24, 2.45) is 0 Å². The summed E-state index contributed by atoms with van der Waals surface area (Å²) in [5, 5.41) is 3.29. The van der Waals surface area contributed by atoms with Crippen LogP contribution in [0.2, 0.25) is 0 Å². The van der Waals surface area contributed by atoms with Crippen LogP contribution in [0.3, 0.4) is 0 Å². The van der Waals surface area contributed by atoms with Crippen molar-refractivity contribution in [3.05, 3.63) is 0 Å². The Hall–Kier alpha value is -1.01. The van der Waals surface area contributed by atoms with Gasteiger partial charge in [0.2, 0.25) is 0 Å². The second-order valence-corrected chi connectivity index (χ2v) is 3.45. The summed E-state index contributed by atoms with van der Waals surface area (Å²) in [6.07, 6.45) is 2.09. The highest BCUT2D eigenvalue weighted by Crippen LogP contribution is 2.11. The van der Waals surface area contributed by atoms with Crippen LogP contribution < -0.4 is 5.32 Å². The lowest BCUT2D eigenvalue weighted by Crippen LogP contribution is -2.45. The van der Waals surface area contributed by atoms with E-state index in [1.165, 1.54) is 0 Å². The highest BCUT2D eigenvalue weighted by molar-refractivity contribution is 5.93. The highest BCUT2D eigenvalue weighted by atomic mass is 16.2. The van der Waals surface area contributed by atoms with E-state index in [-0.39, 0.29) is 5.91 Å².